The normalized spacial score (nSPS) is 17.8. The van der Waals surface area contributed by atoms with Crippen LogP contribution in [0.15, 0.2) is 24.3 Å². The van der Waals surface area contributed by atoms with Crippen LogP contribution in [0.25, 0.3) is 11.1 Å². The fourth-order valence-electron chi connectivity index (χ4n) is 5.37. The van der Waals surface area contributed by atoms with Crippen LogP contribution in [-0.2, 0) is 20.9 Å². The summed E-state index contributed by atoms with van der Waals surface area (Å²) in [5.41, 5.74) is 4.77. The average Bonchev–Trinajstić information content (AvgIpc) is 3.38. The molecule has 0 atom stereocenters. The van der Waals surface area contributed by atoms with Gasteiger partial charge in [-0.1, -0.05) is 18.9 Å². The van der Waals surface area contributed by atoms with E-state index in [0.29, 0.717) is 32.7 Å². The molecule has 1 aliphatic carbocycles. The molecule has 2 fully saturated rings. The predicted octanol–water partition coefficient (Wildman–Crippen LogP) is 5.49. The number of hydrogen-bond donors (Lipinski definition) is 2. The number of ether oxygens (including phenoxy) is 4. The van der Waals surface area contributed by atoms with Gasteiger partial charge in [0.25, 0.3) is 0 Å². The zero-order valence-electron chi connectivity index (χ0n) is 21.2. The number of rotatable bonds is 9. The molecule has 4 rings (SSSR count). The Bertz CT molecular complexity index is 1050. The predicted molar refractivity (Wildman–Crippen MR) is 136 cm³/mol. The largest absolute Gasteiger partial charge is 0.496 e. The number of hydrogen-bond acceptors (Lipinski definition) is 6. The second-order valence-corrected chi connectivity index (χ2v) is 9.62. The minimum atomic E-state index is -1.03. The number of anilines is 1. The maximum atomic E-state index is 12.2. The third kappa shape index (κ3) is 5.26. The van der Waals surface area contributed by atoms with Crippen molar-refractivity contribution in [2.24, 2.45) is 0 Å². The highest BCUT2D eigenvalue weighted by molar-refractivity contribution is 5.84. The summed E-state index contributed by atoms with van der Waals surface area (Å²) in [6.45, 7) is 5.35. The topological polar surface area (TPSA) is 86.3 Å². The van der Waals surface area contributed by atoms with Crippen LogP contribution in [0.1, 0.15) is 55.2 Å². The minimum Gasteiger partial charge on any atom is -0.496 e. The highest BCUT2D eigenvalue weighted by Crippen LogP contribution is 2.41. The molecule has 7 heteroatoms. The summed E-state index contributed by atoms with van der Waals surface area (Å²) in [6.07, 6.45) is 5.68. The highest BCUT2D eigenvalue weighted by Gasteiger charge is 2.40. The van der Waals surface area contributed by atoms with E-state index in [1.54, 1.807) is 14.2 Å². The number of carbonyl (C=O) groups is 1. The Morgan fingerprint density at radius 3 is 2.40 bits per heavy atom. The molecule has 0 aromatic heterocycles. The first-order valence-corrected chi connectivity index (χ1v) is 12.4. The molecule has 2 aliphatic rings. The molecule has 2 aromatic rings. The fraction of sp³-hybridized carbons (Fsp3) is 0.536. The van der Waals surface area contributed by atoms with Gasteiger partial charge >= 0.3 is 5.97 Å². The molecule has 1 aliphatic heterocycles. The highest BCUT2D eigenvalue weighted by atomic mass is 16.5. The van der Waals surface area contributed by atoms with E-state index >= 15 is 0 Å². The SMILES string of the molecule is COc1cc(-c2ccc(NC3(C(=O)O)CCOCC3)cc2COC2CCCC2)c(C)c(OC)c1C. The van der Waals surface area contributed by atoms with Crippen molar-refractivity contribution < 1.29 is 28.8 Å². The average molecular weight is 484 g/mol. The number of nitrogens with one attached hydrogen (secondary N) is 1. The first-order chi connectivity index (χ1) is 16.9. The van der Waals surface area contributed by atoms with E-state index in [9.17, 15) is 9.90 Å². The molecule has 1 saturated carbocycles. The lowest BCUT2D eigenvalue weighted by Gasteiger charge is -2.35. The van der Waals surface area contributed by atoms with Gasteiger partial charge in [-0.05, 0) is 67.1 Å². The third-order valence-corrected chi connectivity index (χ3v) is 7.47. The van der Waals surface area contributed by atoms with Crippen molar-refractivity contribution in [1.29, 1.82) is 0 Å². The maximum Gasteiger partial charge on any atom is 0.329 e. The van der Waals surface area contributed by atoms with Crippen LogP contribution < -0.4 is 14.8 Å². The molecule has 190 valence electrons. The number of carboxylic acids is 1. The van der Waals surface area contributed by atoms with Gasteiger partial charge in [0, 0.05) is 37.3 Å². The summed E-state index contributed by atoms with van der Waals surface area (Å²) in [4.78, 5) is 12.2. The van der Waals surface area contributed by atoms with E-state index < -0.39 is 11.5 Å². The number of carboxylic acid groups (broad SMARTS) is 1. The number of aliphatic carboxylic acids is 1. The number of benzene rings is 2. The second kappa shape index (κ2) is 10.9. The molecular formula is C28H37NO6. The van der Waals surface area contributed by atoms with Gasteiger partial charge in [-0.2, -0.15) is 0 Å². The minimum absolute atomic E-state index is 0.267. The molecule has 1 heterocycles. The molecular weight excluding hydrogens is 446 g/mol. The fourth-order valence-corrected chi connectivity index (χ4v) is 5.37. The van der Waals surface area contributed by atoms with Crippen molar-refractivity contribution in [3.63, 3.8) is 0 Å². The zero-order chi connectivity index (χ0) is 25.0. The second-order valence-electron chi connectivity index (χ2n) is 9.62. The van der Waals surface area contributed by atoms with Crippen molar-refractivity contribution in [3.05, 3.63) is 41.0 Å². The maximum absolute atomic E-state index is 12.2. The summed E-state index contributed by atoms with van der Waals surface area (Å²) in [6, 6.07) is 8.07. The Hall–Kier alpha value is -2.77. The monoisotopic (exact) mass is 483 g/mol. The van der Waals surface area contributed by atoms with E-state index in [2.05, 4.69) is 12.2 Å². The van der Waals surface area contributed by atoms with E-state index in [1.165, 1.54) is 12.8 Å². The molecule has 2 N–H and O–H groups in total. The standard InChI is InChI=1S/C28H37NO6/c1-18-24(16-25(32-3)19(2)26(18)33-4)23-10-9-21(15-20(23)17-35-22-7-5-6-8-22)29-28(27(30)31)11-13-34-14-12-28/h9-10,15-16,22,29H,5-8,11-14,17H2,1-4H3,(H,30,31). The van der Waals surface area contributed by atoms with Gasteiger partial charge in [-0.15, -0.1) is 0 Å². The van der Waals surface area contributed by atoms with Crippen LogP contribution in [0, 0.1) is 13.8 Å². The lowest BCUT2D eigenvalue weighted by Crippen LogP contribution is -2.50. The first-order valence-electron chi connectivity index (χ1n) is 12.4. The van der Waals surface area contributed by atoms with Crippen LogP contribution in [0.3, 0.4) is 0 Å². The van der Waals surface area contributed by atoms with Gasteiger partial charge in [0.05, 0.1) is 26.9 Å². The van der Waals surface area contributed by atoms with Gasteiger partial charge in [-0.3, -0.25) is 0 Å². The van der Waals surface area contributed by atoms with Crippen molar-refractivity contribution in [3.8, 4) is 22.6 Å². The quantitative estimate of drug-likeness (QED) is 0.488. The molecule has 1 saturated heterocycles. The molecule has 0 radical (unpaired) electrons. The van der Waals surface area contributed by atoms with Gasteiger partial charge in [0.2, 0.25) is 0 Å². The Morgan fingerprint density at radius 1 is 1.06 bits per heavy atom. The smallest absolute Gasteiger partial charge is 0.329 e. The van der Waals surface area contributed by atoms with E-state index in [0.717, 1.165) is 57.8 Å². The molecule has 0 unspecified atom stereocenters. The van der Waals surface area contributed by atoms with E-state index in [4.69, 9.17) is 18.9 Å². The Morgan fingerprint density at radius 2 is 1.77 bits per heavy atom. The van der Waals surface area contributed by atoms with Gasteiger partial charge < -0.3 is 29.4 Å². The lowest BCUT2D eigenvalue weighted by molar-refractivity contribution is -0.145. The summed E-state index contributed by atoms with van der Waals surface area (Å²) in [5.74, 6) is 0.716. The molecule has 2 aromatic carbocycles. The third-order valence-electron chi connectivity index (χ3n) is 7.47. The van der Waals surface area contributed by atoms with Gasteiger partial charge in [-0.25, -0.2) is 4.79 Å². The van der Waals surface area contributed by atoms with Gasteiger partial charge in [0.15, 0.2) is 0 Å². The summed E-state index contributed by atoms with van der Waals surface area (Å²) < 4.78 is 23.1. The van der Waals surface area contributed by atoms with Crippen LogP contribution in [0.5, 0.6) is 11.5 Å². The van der Waals surface area contributed by atoms with Crippen molar-refractivity contribution in [1.82, 2.24) is 0 Å². The van der Waals surface area contributed by atoms with Crippen molar-refractivity contribution >= 4 is 11.7 Å². The lowest BCUT2D eigenvalue weighted by atomic mass is 9.89. The summed E-state index contributed by atoms with van der Waals surface area (Å²) in [7, 11) is 3.34. The Kier molecular flexibility index (Phi) is 7.87. The van der Waals surface area contributed by atoms with Crippen molar-refractivity contribution in [2.45, 2.75) is 70.6 Å². The van der Waals surface area contributed by atoms with E-state index in [-0.39, 0.29) is 6.10 Å². The van der Waals surface area contributed by atoms with Crippen LogP contribution in [-0.4, -0.2) is 50.2 Å². The molecule has 0 spiro atoms. The Balaban J connectivity index is 1.75. The molecule has 0 bridgehead atoms. The molecule has 7 nitrogen and oxygen atoms in total. The zero-order valence-corrected chi connectivity index (χ0v) is 21.2. The summed E-state index contributed by atoms with van der Waals surface area (Å²) >= 11 is 0. The number of methoxy groups -OCH3 is 2. The Labute approximate surface area is 207 Å². The van der Waals surface area contributed by atoms with Crippen LogP contribution in [0.2, 0.25) is 0 Å². The van der Waals surface area contributed by atoms with E-state index in [1.807, 2.05) is 31.2 Å². The van der Waals surface area contributed by atoms with Crippen LogP contribution in [0.4, 0.5) is 5.69 Å². The first kappa shape index (κ1) is 25.3. The van der Waals surface area contributed by atoms with Crippen LogP contribution >= 0.6 is 0 Å². The molecule has 35 heavy (non-hydrogen) atoms. The summed E-state index contributed by atoms with van der Waals surface area (Å²) in [5, 5.41) is 13.3. The van der Waals surface area contributed by atoms with Gasteiger partial charge in [0.1, 0.15) is 17.0 Å². The van der Waals surface area contributed by atoms with Crippen molar-refractivity contribution in [2.75, 3.05) is 32.8 Å². The molecule has 0 amide bonds.